The van der Waals surface area contributed by atoms with Crippen LogP contribution in [0, 0.1) is 12.8 Å². The van der Waals surface area contributed by atoms with Crippen molar-refractivity contribution in [2.75, 3.05) is 5.73 Å². The fourth-order valence-corrected chi connectivity index (χ4v) is 2.15. The van der Waals surface area contributed by atoms with Gasteiger partial charge in [-0.05, 0) is 24.1 Å². The highest BCUT2D eigenvalue weighted by molar-refractivity contribution is 6.01. The first kappa shape index (κ1) is 14.2. The molecule has 0 amide bonds. The van der Waals surface area contributed by atoms with Crippen LogP contribution in [0.15, 0.2) is 42.6 Å². The van der Waals surface area contributed by atoms with Crippen LogP contribution in [-0.2, 0) is 0 Å². The summed E-state index contributed by atoms with van der Waals surface area (Å²) < 4.78 is 0. The third kappa shape index (κ3) is 2.86. The van der Waals surface area contributed by atoms with Crippen LogP contribution in [-0.4, -0.2) is 10.8 Å². The van der Waals surface area contributed by atoms with Gasteiger partial charge in [-0.3, -0.25) is 4.79 Å². The maximum Gasteiger partial charge on any atom is 0.171 e. The van der Waals surface area contributed by atoms with E-state index in [0.29, 0.717) is 5.56 Å². The highest BCUT2D eigenvalue weighted by Crippen LogP contribution is 2.24. The Labute approximate surface area is 118 Å². The third-order valence-electron chi connectivity index (χ3n) is 3.46. The van der Waals surface area contributed by atoms with E-state index in [1.54, 1.807) is 12.3 Å². The molecule has 2 aromatic rings. The maximum absolute atomic E-state index is 12.5. The van der Waals surface area contributed by atoms with E-state index in [-0.39, 0.29) is 23.6 Å². The fourth-order valence-electron chi connectivity index (χ4n) is 2.15. The highest BCUT2D eigenvalue weighted by atomic mass is 16.1. The van der Waals surface area contributed by atoms with Gasteiger partial charge < -0.3 is 11.5 Å². The largest absolute Gasteiger partial charge is 0.383 e. The quantitative estimate of drug-likeness (QED) is 0.835. The van der Waals surface area contributed by atoms with Gasteiger partial charge in [-0.2, -0.15) is 0 Å². The number of hydrogen-bond acceptors (Lipinski definition) is 4. The molecule has 20 heavy (non-hydrogen) atoms. The monoisotopic (exact) mass is 269 g/mol. The van der Waals surface area contributed by atoms with Crippen molar-refractivity contribution in [2.24, 2.45) is 11.7 Å². The maximum atomic E-state index is 12.5. The Morgan fingerprint density at radius 2 is 1.90 bits per heavy atom. The molecule has 4 nitrogen and oxygen atoms in total. The Morgan fingerprint density at radius 3 is 2.55 bits per heavy atom. The smallest absolute Gasteiger partial charge is 0.171 e. The number of benzene rings is 1. The lowest BCUT2D eigenvalue weighted by atomic mass is 9.88. The molecule has 4 heteroatoms. The first-order valence-corrected chi connectivity index (χ1v) is 6.57. The van der Waals surface area contributed by atoms with Crippen molar-refractivity contribution in [2.45, 2.75) is 19.9 Å². The molecule has 0 aliphatic carbocycles. The number of nitrogens with two attached hydrogens (primary N) is 2. The van der Waals surface area contributed by atoms with Crippen LogP contribution >= 0.6 is 0 Å². The van der Waals surface area contributed by atoms with Crippen molar-refractivity contribution < 1.29 is 4.79 Å². The number of nitrogen functional groups attached to an aromatic ring is 1. The minimum atomic E-state index is -0.358. The lowest BCUT2D eigenvalue weighted by Crippen LogP contribution is -2.27. The zero-order valence-corrected chi connectivity index (χ0v) is 11.7. The van der Waals surface area contributed by atoms with Gasteiger partial charge in [0.2, 0.25) is 0 Å². The van der Waals surface area contributed by atoms with Crippen LogP contribution in [0.1, 0.15) is 34.5 Å². The van der Waals surface area contributed by atoms with E-state index < -0.39 is 0 Å². The van der Waals surface area contributed by atoms with E-state index in [1.165, 1.54) is 0 Å². The second kappa shape index (κ2) is 5.84. The van der Waals surface area contributed by atoms with Crippen molar-refractivity contribution in [3.8, 4) is 0 Å². The van der Waals surface area contributed by atoms with Gasteiger partial charge in [0, 0.05) is 18.2 Å². The lowest BCUT2D eigenvalue weighted by molar-refractivity contribution is 0.0913. The molecule has 104 valence electrons. The number of hydrogen-bond donors (Lipinski definition) is 2. The van der Waals surface area contributed by atoms with Crippen molar-refractivity contribution >= 4 is 11.6 Å². The third-order valence-corrected chi connectivity index (χ3v) is 3.46. The van der Waals surface area contributed by atoms with Crippen LogP contribution in [0.3, 0.4) is 0 Å². The van der Waals surface area contributed by atoms with Gasteiger partial charge in [0.25, 0.3) is 0 Å². The molecule has 0 saturated carbocycles. The van der Waals surface area contributed by atoms with Crippen molar-refractivity contribution in [3.05, 3.63) is 59.3 Å². The van der Waals surface area contributed by atoms with E-state index in [1.807, 2.05) is 44.2 Å². The standard InChI is InChI=1S/C16H19N3O/c1-10-8-13(16(18)19-9-10)15(20)11(2)14(17)12-6-4-3-5-7-12/h3-9,11,14H,17H2,1-2H3,(H2,18,19). The Bertz CT molecular complexity index is 610. The molecule has 0 aliphatic heterocycles. The van der Waals surface area contributed by atoms with E-state index in [0.717, 1.165) is 11.1 Å². The molecule has 0 spiro atoms. The second-order valence-corrected chi connectivity index (χ2v) is 5.03. The number of nitrogens with zero attached hydrogens (tertiary/aromatic N) is 1. The number of aromatic nitrogens is 1. The van der Waals surface area contributed by atoms with Crippen molar-refractivity contribution in [1.82, 2.24) is 4.98 Å². The van der Waals surface area contributed by atoms with E-state index >= 15 is 0 Å². The van der Waals surface area contributed by atoms with Gasteiger partial charge in [-0.25, -0.2) is 4.98 Å². The normalized spacial score (nSPS) is 13.8. The number of anilines is 1. The van der Waals surface area contributed by atoms with Gasteiger partial charge in [0.15, 0.2) is 5.78 Å². The predicted octanol–water partition coefficient (Wildman–Crippen LogP) is 2.49. The molecular weight excluding hydrogens is 250 g/mol. The summed E-state index contributed by atoms with van der Waals surface area (Å²) in [5, 5.41) is 0. The number of carbonyl (C=O) groups is 1. The minimum absolute atomic E-state index is 0.0740. The summed E-state index contributed by atoms with van der Waals surface area (Å²) in [6, 6.07) is 11.0. The van der Waals surface area contributed by atoms with Crippen LogP contribution in [0.4, 0.5) is 5.82 Å². The SMILES string of the molecule is Cc1cnc(N)c(C(=O)C(C)C(N)c2ccccc2)c1. The zero-order chi connectivity index (χ0) is 14.7. The molecule has 1 aromatic carbocycles. The number of pyridine rings is 1. The van der Waals surface area contributed by atoms with E-state index in [9.17, 15) is 4.79 Å². The average molecular weight is 269 g/mol. The van der Waals surface area contributed by atoms with Gasteiger partial charge >= 0.3 is 0 Å². The summed E-state index contributed by atoms with van der Waals surface area (Å²) >= 11 is 0. The Kier molecular flexibility index (Phi) is 4.15. The summed E-state index contributed by atoms with van der Waals surface area (Å²) in [5.74, 6) is -0.175. The first-order valence-electron chi connectivity index (χ1n) is 6.57. The molecule has 0 bridgehead atoms. The minimum Gasteiger partial charge on any atom is -0.383 e. The molecule has 4 N–H and O–H groups in total. The van der Waals surface area contributed by atoms with Gasteiger partial charge in [0.05, 0.1) is 5.56 Å². The summed E-state index contributed by atoms with van der Waals surface area (Å²) in [7, 11) is 0. The van der Waals surface area contributed by atoms with E-state index in [2.05, 4.69) is 4.98 Å². The van der Waals surface area contributed by atoms with Crippen LogP contribution in [0.2, 0.25) is 0 Å². The molecule has 1 aromatic heterocycles. The molecular formula is C16H19N3O. The molecule has 2 atom stereocenters. The predicted molar refractivity (Wildman–Crippen MR) is 80.3 cm³/mol. The Hall–Kier alpha value is -2.20. The number of Topliss-reactive ketones (excluding diaryl/α,β-unsaturated/α-hetero) is 1. The van der Waals surface area contributed by atoms with Crippen LogP contribution in [0.5, 0.6) is 0 Å². The molecule has 0 saturated heterocycles. The van der Waals surface area contributed by atoms with Crippen LogP contribution in [0.25, 0.3) is 0 Å². The van der Waals surface area contributed by atoms with Gasteiger partial charge in [-0.15, -0.1) is 0 Å². The molecule has 2 unspecified atom stereocenters. The Balaban J connectivity index is 2.27. The number of aryl methyl sites for hydroxylation is 1. The van der Waals surface area contributed by atoms with Gasteiger partial charge in [0.1, 0.15) is 5.82 Å². The molecule has 0 radical (unpaired) electrons. The summed E-state index contributed by atoms with van der Waals surface area (Å²) in [4.78, 5) is 16.6. The molecule has 0 aliphatic rings. The average Bonchev–Trinajstić information content (AvgIpc) is 2.48. The van der Waals surface area contributed by atoms with Crippen molar-refractivity contribution in [3.63, 3.8) is 0 Å². The molecule has 2 rings (SSSR count). The summed E-state index contributed by atoms with van der Waals surface area (Å²) in [5.41, 5.74) is 14.3. The Morgan fingerprint density at radius 1 is 1.25 bits per heavy atom. The summed E-state index contributed by atoms with van der Waals surface area (Å²) in [6.45, 7) is 3.70. The topological polar surface area (TPSA) is 82.0 Å². The number of ketones is 1. The van der Waals surface area contributed by atoms with E-state index in [4.69, 9.17) is 11.5 Å². The fraction of sp³-hybridized carbons (Fsp3) is 0.250. The van der Waals surface area contributed by atoms with Crippen molar-refractivity contribution in [1.29, 1.82) is 0 Å². The summed E-state index contributed by atoms with van der Waals surface area (Å²) in [6.07, 6.45) is 1.65. The van der Waals surface area contributed by atoms with Gasteiger partial charge in [-0.1, -0.05) is 37.3 Å². The first-order chi connectivity index (χ1) is 9.50. The lowest BCUT2D eigenvalue weighted by Gasteiger charge is -2.20. The molecule has 1 heterocycles. The number of rotatable bonds is 4. The highest BCUT2D eigenvalue weighted by Gasteiger charge is 2.25. The van der Waals surface area contributed by atoms with Crippen LogP contribution < -0.4 is 11.5 Å². The zero-order valence-electron chi connectivity index (χ0n) is 11.7. The number of carbonyl (C=O) groups excluding carboxylic acids is 1. The second-order valence-electron chi connectivity index (χ2n) is 5.03. The molecule has 0 fully saturated rings.